The van der Waals surface area contributed by atoms with Crippen LogP contribution in [0.2, 0.25) is 0 Å². The summed E-state index contributed by atoms with van der Waals surface area (Å²) in [6.45, 7) is 0. The van der Waals surface area contributed by atoms with Gasteiger partial charge < -0.3 is 0 Å². The SMILES string of the molecule is Fc1c(F)c(CCCCCCS)c(F)c(F)c1CCCCCCS. The van der Waals surface area contributed by atoms with Gasteiger partial charge in [0.1, 0.15) is 0 Å². The van der Waals surface area contributed by atoms with Gasteiger partial charge in [-0.3, -0.25) is 0 Å². The van der Waals surface area contributed by atoms with E-state index in [2.05, 4.69) is 25.3 Å². The van der Waals surface area contributed by atoms with Crippen LogP contribution in [-0.2, 0) is 12.8 Å². The van der Waals surface area contributed by atoms with Gasteiger partial charge in [0.05, 0.1) is 0 Å². The van der Waals surface area contributed by atoms with Crippen molar-refractivity contribution >= 4 is 25.3 Å². The van der Waals surface area contributed by atoms with E-state index in [0.717, 1.165) is 50.0 Å². The molecule has 0 atom stereocenters. The topological polar surface area (TPSA) is 0 Å². The summed E-state index contributed by atoms with van der Waals surface area (Å²) in [7, 11) is 0. The molecular weight excluding hydrogens is 356 g/mol. The van der Waals surface area contributed by atoms with Gasteiger partial charge in [-0.05, 0) is 50.0 Å². The van der Waals surface area contributed by atoms with Crippen molar-refractivity contribution in [3.05, 3.63) is 34.4 Å². The van der Waals surface area contributed by atoms with Gasteiger partial charge in [-0.2, -0.15) is 25.3 Å². The highest BCUT2D eigenvalue weighted by molar-refractivity contribution is 7.80. The highest BCUT2D eigenvalue weighted by atomic mass is 32.1. The maximum atomic E-state index is 14.1. The Morgan fingerprint density at radius 3 is 1.04 bits per heavy atom. The van der Waals surface area contributed by atoms with E-state index in [-0.39, 0.29) is 12.8 Å². The summed E-state index contributed by atoms with van der Waals surface area (Å²) >= 11 is 8.17. The summed E-state index contributed by atoms with van der Waals surface area (Å²) < 4.78 is 56.4. The first kappa shape index (κ1) is 21.7. The molecule has 0 aliphatic carbocycles. The van der Waals surface area contributed by atoms with Crippen molar-refractivity contribution in [2.45, 2.75) is 64.2 Å². The van der Waals surface area contributed by atoms with Crippen LogP contribution >= 0.6 is 25.3 Å². The molecule has 0 aliphatic rings. The Balaban J connectivity index is 2.72. The zero-order valence-electron chi connectivity index (χ0n) is 13.9. The van der Waals surface area contributed by atoms with Crippen molar-refractivity contribution in [2.24, 2.45) is 0 Å². The average molecular weight is 383 g/mol. The molecule has 1 rings (SSSR count). The lowest BCUT2D eigenvalue weighted by Crippen LogP contribution is -2.09. The Bertz CT molecular complexity index is 432. The fourth-order valence-electron chi connectivity index (χ4n) is 2.70. The molecule has 0 nitrogen and oxygen atoms in total. The Morgan fingerprint density at radius 2 is 0.750 bits per heavy atom. The molecule has 0 bridgehead atoms. The molecule has 0 N–H and O–H groups in total. The number of unbranched alkanes of at least 4 members (excludes halogenated alkanes) is 6. The highest BCUT2D eigenvalue weighted by Gasteiger charge is 2.24. The molecule has 0 spiro atoms. The van der Waals surface area contributed by atoms with Crippen LogP contribution in [0.4, 0.5) is 17.6 Å². The Labute approximate surface area is 153 Å². The number of halogens is 4. The van der Waals surface area contributed by atoms with Crippen LogP contribution in [0, 0.1) is 23.3 Å². The van der Waals surface area contributed by atoms with Crippen molar-refractivity contribution in [1.82, 2.24) is 0 Å². The zero-order chi connectivity index (χ0) is 17.9. The van der Waals surface area contributed by atoms with Crippen LogP contribution in [0.1, 0.15) is 62.5 Å². The van der Waals surface area contributed by atoms with Crippen molar-refractivity contribution < 1.29 is 17.6 Å². The molecule has 0 amide bonds. The minimum atomic E-state index is -1.23. The third-order valence-corrected chi connectivity index (χ3v) is 4.75. The van der Waals surface area contributed by atoms with Crippen molar-refractivity contribution in [1.29, 1.82) is 0 Å². The highest BCUT2D eigenvalue weighted by Crippen LogP contribution is 2.27. The van der Waals surface area contributed by atoms with E-state index >= 15 is 0 Å². The third-order valence-electron chi connectivity index (χ3n) is 4.11. The fourth-order valence-corrected chi connectivity index (χ4v) is 3.14. The van der Waals surface area contributed by atoms with Crippen LogP contribution in [0.5, 0.6) is 0 Å². The van der Waals surface area contributed by atoms with E-state index < -0.39 is 34.4 Å². The molecular formula is C18H26F4S2. The summed E-state index contributed by atoms with van der Waals surface area (Å²) in [6.07, 6.45) is 6.18. The van der Waals surface area contributed by atoms with E-state index in [9.17, 15) is 17.6 Å². The number of rotatable bonds is 12. The Morgan fingerprint density at radius 1 is 0.458 bits per heavy atom. The van der Waals surface area contributed by atoms with Crippen LogP contribution in [0.3, 0.4) is 0 Å². The minimum Gasteiger partial charge on any atom is -0.203 e. The molecule has 138 valence electrons. The van der Waals surface area contributed by atoms with Gasteiger partial charge >= 0.3 is 0 Å². The van der Waals surface area contributed by atoms with Gasteiger partial charge in [0.25, 0.3) is 0 Å². The Hall–Kier alpha value is -0.360. The summed E-state index contributed by atoms with van der Waals surface area (Å²) in [5.74, 6) is -3.40. The predicted octanol–water partition coefficient (Wildman–Crippen LogP) is 6.31. The summed E-state index contributed by atoms with van der Waals surface area (Å²) in [5.41, 5.74) is -0.926. The second-order valence-corrected chi connectivity index (χ2v) is 6.88. The number of hydrogen-bond acceptors (Lipinski definition) is 2. The molecule has 0 aromatic heterocycles. The van der Waals surface area contributed by atoms with Gasteiger partial charge in [-0.1, -0.05) is 25.7 Å². The van der Waals surface area contributed by atoms with E-state index in [4.69, 9.17) is 0 Å². The monoisotopic (exact) mass is 382 g/mol. The number of thiol groups is 2. The lowest BCUT2D eigenvalue weighted by Gasteiger charge is -2.12. The van der Waals surface area contributed by atoms with Crippen LogP contribution in [-0.4, -0.2) is 11.5 Å². The van der Waals surface area contributed by atoms with Gasteiger partial charge in [0, 0.05) is 11.1 Å². The number of hydrogen-bond donors (Lipinski definition) is 2. The van der Waals surface area contributed by atoms with Crippen LogP contribution in [0.15, 0.2) is 0 Å². The first-order chi connectivity index (χ1) is 11.5. The van der Waals surface area contributed by atoms with Gasteiger partial charge in [0.2, 0.25) is 0 Å². The van der Waals surface area contributed by atoms with Crippen molar-refractivity contribution in [2.75, 3.05) is 11.5 Å². The molecule has 0 saturated heterocycles. The quantitative estimate of drug-likeness (QED) is 0.180. The molecule has 1 aromatic rings. The second-order valence-electron chi connectivity index (χ2n) is 5.99. The van der Waals surface area contributed by atoms with Gasteiger partial charge in [-0.25, -0.2) is 17.6 Å². The lowest BCUT2D eigenvalue weighted by atomic mass is 9.99. The van der Waals surface area contributed by atoms with Gasteiger partial charge in [-0.15, -0.1) is 0 Å². The molecule has 0 aliphatic heterocycles. The molecule has 0 radical (unpaired) electrons. The average Bonchev–Trinajstić information content (AvgIpc) is 2.58. The summed E-state index contributed by atoms with van der Waals surface area (Å²) in [4.78, 5) is 0. The maximum absolute atomic E-state index is 14.1. The zero-order valence-corrected chi connectivity index (χ0v) is 15.7. The molecule has 6 heteroatoms. The second kappa shape index (κ2) is 12.1. The maximum Gasteiger partial charge on any atom is 0.165 e. The molecule has 0 fully saturated rings. The largest absolute Gasteiger partial charge is 0.203 e. The first-order valence-electron chi connectivity index (χ1n) is 8.60. The van der Waals surface area contributed by atoms with E-state index in [0.29, 0.717) is 12.8 Å². The molecule has 0 unspecified atom stereocenters. The minimum absolute atomic E-state index is 0.0142. The summed E-state index contributed by atoms with van der Waals surface area (Å²) in [6, 6.07) is 0. The Kier molecular flexibility index (Phi) is 10.9. The lowest BCUT2D eigenvalue weighted by molar-refractivity contribution is 0.420. The smallest absolute Gasteiger partial charge is 0.165 e. The summed E-state index contributed by atoms with van der Waals surface area (Å²) in [5, 5.41) is 0. The van der Waals surface area contributed by atoms with Crippen molar-refractivity contribution in [3.63, 3.8) is 0 Å². The van der Waals surface area contributed by atoms with E-state index in [1.165, 1.54) is 0 Å². The van der Waals surface area contributed by atoms with E-state index in [1.807, 2.05) is 0 Å². The molecule has 24 heavy (non-hydrogen) atoms. The van der Waals surface area contributed by atoms with Gasteiger partial charge in [0.15, 0.2) is 23.3 Å². The third kappa shape index (κ3) is 6.51. The molecule has 0 saturated carbocycles. The fraction of sp³-hybridized carbons (Fsp3) is 0.667. The normalized spacial score (nSPS) is 11.2. The molecule has 1 aromatic carbocycles. The van der Waals surface area contributed by atoms with Crippen LogP contribution in [0.25, 0.3) is 0 Å². The number of benzene rings is 1. The standard InChI is InChI=1S/C18H26F4S2/c19-15-13(9-5-1-3-7-11-23)16(20)18(22)14(17(15)21)10-6-2-4-8-12-24/h23-24H,1-12H2. The van der Waals surface area contributed by atoms with Crippen LogP contribution < -0.4 is 0 Å². The molecule has 0 heterocycles. The van der Waals surface area contributed by atoms with Crippen molar-refractivity contribution in [3.8, 4) is 0 Å². The first-order valence-corrected chi connectivity index (χ1v) is 9.86. The predicted molar refractivity (Wildman–Crippen MR) is 98.3 cm³/mol. The van der Waals surface area contributed by atoms with E-state index in [1.54, 1.807) is 0 Å².